The fraction of sp³-hybridized carbons (Fsp3) is 0.538. The number of aryl methyl sites for hydroxylation is 1. The number of aromatic nitrogens is 1. The summed E-state index contributed by atoms with van der Waals surface area (Å²) in [6, 6.07) is 7.27. The van der Waals surface area contributed by atoms with Crippen LogP contribution in [0.3, 0.4) is 0 Å². The summed E-state index contributed by atoms with van der Waals surface area (Å²) in [7, 11) is 0. The predicted octanol–water partition coefficient (Wildman–Crippen LogP) is 3.72. The maximum absolute atomic E-state index is 13.7. The third kappa shape index (κ3) is 3.30. The van der Waals surface area contributed by atoms with E-state index in [1.165, 1.54) is 11.3 Å². The Morgan fingerprint density at radius 3 is 2.40 bits per heavy atom. The van der Waals surface area contributed by atoms with E-state index in [4.69, 9.17) is 0 Å². The highest BCUT2D eigenvalue weighted by atomic mass is 32.2. The van der Waals surface area contributed by atoms with Crippen LogP contribution in [0.4, 0.5) is 0 Å². The predicted molar refractivity (Wildman–Crippen MR) is 132 cm³/mol. The van der Waals surface area contributed by atoms with E-state index in [-0.39, 0.29) is 57.9 Å². The number of carbonyl (C=O) groups is 3. The van der Waals surface area contributed by atoms with Crippen LogP contribution in [0.15, 0.2) is 34.1 Å². The molecule has 7 nitrogen and oxygen atoms in total. The first-order valence-corrected chi connectivity index (χ1v) is 13.9. The van der Waals surface area contributed by atoms with Crippen molar-refractivity contribution in [3.05, 3.63) is 49.9 Å². The molecule has 1 aromatic carbocycles. The van der Waals surface area contributed by atoms with E-state index in [9.17, 15) is 24.3 Å². The number of rotatable bonds is 5. The fourth-order valence-electron chi connectivity index (χ4n) is 7.26. The smallest absolute Gasteiger partial charge is 0.326 e. The number of aliphatic carboxylic acids is 1. The van der Waals surface area contributed by atoms with Crippen LogP contribution >= 0.6 is 23.1 Å². The van der Waals surface area contributed by atoms with Gasteiger partial charge in [0.05, 0.1) is 16.9 Å². The maximum Gasteiger partial charge on any atom is 0.326 e. The van der Waals surface area contributed by atoms with Crippen molar-refractivity contribution >= 4 is 40.9 Å². The van der Waals surface area contributed by atoms with Crippen LogP contribution < -0.4 is 4.87 Å². The minimum atomic E-state index is -1.11. The lowest BCUT2D eigenvalue weighted by molar-refractivity contribution is -0.156. The van der Waals surface area contributed by atoms with E-state index in [0.717, 1.165) is 32.4 Å². The molecule has 3 heterocycles. The van der Waals surface area contributed by atoms with Gasteiger partial charge >= 0.3 is 10.8 Å². The van der Waals surface area contributed by atoms with Gasteiger partial charge < -0.3 is 10.1 Å². The zero-order valence-corrected chi connectivity index (χ0v) is 21.4. The molecule has 6 rings (SSSR count). The molecule has 1 saturated heterocycles. The molecule has 2 aliphatic heterocycles. The Hall–Kier alpha value is -2.39. The molecule has 2 N–H and O–H groups in total. The molecular formula is C26H28N2O5S2. The third-order valence-electron chi connectivity index (χ3n) is 8.49. The van der Waals surface area contributed by atoms with Crippen molar-refractivity contribution in [3.63, 3.8) is 0 Å². The van der Waals surface area contributed by atoms with E-state index in [0.29, 0.717) is 0 Å². The minimum Gasteiger partial charge on any atom is -0.480 e. The van der Waals surface area contributed by atoms with E-state index in [1.807, 2.05) is 20.8 Å². The second-order valence-electron chi connectivity index (χ2n) is 10.9. The molecule has 184 valence electrons. The molecule has 2 aromatic rings. The van der Waals surface area contributed by atoms with Gasteiger partial charge in [-0.3, -0.25) is 19.3 Å². The number of imide groups is 1. The summed E-state index contributed by atoms with van der Waals surface area (Å²) in [4.78, 5) is 56.8. The Morgan fingerprint density at radius 1 is 1.11 bits per heavy atom. The largest absolute Gasteiger partial charge is 0.480 e. The number of thioether (sulfide) groups is 1. The van der Waals surface area contributed by atoms with Crippen molar-refractivity contribution in [2.45, 2.75) is 55.8 Å². The Labute approximate surface area is 211 Å². The number of carboxylic acids is 1. The molecule has 3 fully saturated rings. The summed E-state index contributed by atoms with van der Waals surface area (Å²) < 4.78 is 0. The van der Waals surface area contributed by atoms with Gasteiger partial charge in [0.1, 0.15) is 6.04 Å². The van der Waals surface area contributed by atoms with Crippen molar-refractivity contribution in [1.29, 1.82) is 0 Å². The van der Waals surface area contributed by atoms with Gasteiger partial charge in [-0.25, -0.2) is 4.79 Å². The Balaban J connectivity index is 1.42. The highest BCUT2D eigenvalue weighted by Crippen LogP contribution is 2.68. The summed E-state index contributed by atoms with van der Waals surface area (Å²) in [5.74, 6) is -2.50. The number of fused-ring (bicyclic) bond motifs is 9. The fourth-order valence-corrected chi connectivity index (χ4v) is 10.1. The second-order valence-corrected chi connectivity index (χ2v) is 13.1. The van der Waals surface area contributed by atoms with E-state index in [1.54, 1.807) is 11.8 Å². The molecule has 0 radical (unpaired) electrons. The van der Waals surface area contributed by atoms with Crippen molar-refractivity contribution in [1.82, 2.24) is 9.88 Å². The molecule has 4 aliphatic rings. The number of H-pyrrole nitrogens is 1. The molecule has 1 aromatic heterocycles. The van der Waals surface area contributed by atoms with Gasteiger partial charge in [0.15, 0.2) is 0 Å². The number of hydrogen-bond acceptors (Lipinski definition) is 6. The SMILES string of the molecule is Cc1ccc([C@@H]2c3sc(=O)[nH]c3S[C@@H]3[C@@H]4C[C@H]([C@H]5C(=O)N([C@@H](CC(C)C)C(=O)O)C(=O)[C@H]45)[C@H]23)cc1. The molecule has 2 amide bonds. The molecule has 2 saturated carbocycles. The van der Waals surface area contributed by atoms with Gasteiger partial charge in [0.25, 0.3) is 0 Å². The number of hydrogen-bond donors (Lipinski definition) is 2. The van der Waals surface area contributed by atoms with Crippen LogP contribution in [0, 0.1) is 42.4 Å². The molecule has 9 heteroatoms. The van der Waals surface area contributed by atoms with E-state index < -0.39 is 23.8 Å². The van der Waals surface area contributed by atoms with Crippen LogP contribution in [0.2, 0.25) is 0 Å². The van der Waals surface area contributed by atoms with Crippen molar-refractivity contribution in [2.75, 3.05) is 0 Å². The quantitative estimate of drug-likeness (QED) is 0.592. The van der Waals surface area contributed by atoms with Crippen molar-refractivity contribution in [3.8, 4) is 0 Å². The van der Waals surface area contributed by atoms with Crippen molar-refractivity contribution < 1.29 is 19.5 Å². The summed E-state index contributed by atoms with van der Waals surface area (Å²) >= 11 is 2.89. The van der Waals surface area contributed by atoms with E-state index >= 15 is 0 Å². The zero-order valence-electron chi connectivity index (χ0n) is 19.8. The summed E-state index contributed by atoms with van der Waals surface area (Å²) in [5.41, 5.74) is 2.28. The van der Waals surface area contributed by atoms with Crippen LogP contribution in [-0.4, -0.2) is 44.1 Å². The van der Waals surface area contributed by atoms with Crippen molar-refractivity contribution in [2.24, 2.45) is 35.5 Å². The van der Waals surface area contributed by atoms with Crippen LogP contribution in [0.1, 0.15) is 48.6 Å². The standard InChI is InChI=1S/C26H28N2O5S2/c1-10(2)8-15(25(31)32)28-23(29)18-13-9-14(19(18)24(28)30)20-17(13)16(12-6-4-11(3)5-7-12)21-22(34-20)27-26(33)35-21/h4-7,10,13-20H,8-9H2,1-3H3,(H,27,33)(H,31,32)/t13-,14+,15-,16-,17+,18+,19+,20+/m0/s1. The summed E-state index contributed by atoms with van der Waals surface area (Å²) in [6.45, 7) is 5.85. The summed E-state index contributed by atoms with van der Waals surface area (Å²) in [6.07, 6.45) is 1.06. The molecule has 2 bridgehead atoms. The van der Waals surface area contributed by atoms with E-state index in [2.05, 4.69) is 29.2 Å². The Kier molecular flexibility index (Phi) is 5.31. The lowest BCUT2D eigenvalue weighted by Gasteiger charge is -2.43. The average molecular weight is 513 g/mol. The van der Waals surface area contributed by atoms with Gasteiger partial charge in [-0.05, 0) is 49.0 Å². The van der Waals surface area contributed by atoms with Crippen LogP contribution in [-0.2, 0) is 14.4 Å². The lowest BCUT2D eigenvalue weighted by atomic mass is 9.68. The number of nitrogens with zero attached hydrogens (tertiary/aromatic N) is 1. The highest BCUT2D eigenvalue weighted by Gasteiger charge is 2.70. The van der Waals surface area contributed by atoms with Gasteiger partial charge in [-0.2, -0.15) is 0 Å². The maximum atomic E-state index is 13.7. The molecule has 35 heavy (non-hydrogen) atoms. The molecule has 2 aliphatic carbocycles. The number of carbonyl (C=O) groups excluding carboxylic acids is 2. The second kappa shape index (κ2) is 8.06. The molecular weight excluding hydrogens is 484 g/mol. The number of aromatic amines is 1. The van der Waals surface area contributed by atoms with Gasteiger partial charge in [-0.1, -0.05) is 55.0 Å². The minimum absolute atomic E-state index is 0.000514. The van der Waals surface area contributed by atoms with Gasteiger partial charge in [-0.15, -0.1) is 11.8 Å². The molecule has 0 spiro atoms. The number of likely N-dealkylation sites (tertiary alicyclic amines) is 1. The number of nitrogens with one attached hydrogen (secondary N) is 1. The zero-order chi connectivity index (χ0) is 24.8. The highest BCUT2D eigenvalue weighted by molar-refractivity contribution is 8.00. The molecule has 0 unspecified atom stereocenters. The average Bonchev–Trinajstić information content (AvgIpc) is 3.52. The number of thiazole rings is 1. The summed E-state index contributed by atoms with van der Waals surface area (Å²) in [5, 5.41) is 10.9. The first-order valence-electron chi connectivity index (χ1n) is 12.2. The first-order chi connectivity index (χ1) is 16.7. The Morgan fingerprint density at radius 2 is 1.77 bits per heavy atom. The first kappa shape index (κ1) is 23.0. The topological polar surface area (TPSA) is 108 Å². The monoisotopic (exact) mass is 512 g/mol. The third-order valence-corrected chi connectivity index (χ3v) is 11.1. The normalized spacial score (nSPS) is 33.7. The van der Waals surface area contributed by atoms with Gasteiger partial charge in [0, 0.05) is 16.0 Å². The van der Waals surface area contributed by atoms with Gasteiger partial charge in [0.2, 0.25) is 11.8 Å². The number of carboxylic acid groups (broad SMARTS) is 1. The van der Waals surface area contributed by atoms with Crippen LogP contribution in [0.25, 0.3) is 0 Å². The van der Waals surface area contributed by atoms with Crippen LogP contribution in [0.5, 0.6) is 0 Å². The number of amides is 2. The Bertz CT molecular complexity index is 1280. The lowest BCUT2D eigenvalue weighted by Crippen LogP contribution is -2.47. The number of benzene rings is 1. The molecule has 8 atom stereocenters.